The second kappa shape index (κ2) is 4.77. The molecule has 0 amide bonds. The number of carbonyl (C=O) groups excluding carboxylic acids is 1. The summed E-state index contributed by atoms with van der Waals surface area (Å²) in [5, 5.41) is 0.906. The Morgan fingerprint density at radius 1 is 1.58 bits per heavy atom. The van der Waals surface area contributed by atoms with E-state index < -0.39 is 0 Å². The van der Waals surface area contributed by atoms with Crippen LogP contribution >= 0.6 is 27.3 Å². The van der Waals surface area contributed by atoms with Gasteiger partial charge in [-0.3, -0.25) is 4.79 Å². The van der Waals surface area contributed by atoms with Gasteiger partial charge in [0.15, 0.2) is 5.78 Å². The van der Waals surface area contributed by atoms with E-state index in [1.807, 2.05) is 19.1 Å². The second-order valence-corrected chi connectivity index (χ2v) is 4.71. The third kappa shape index (κ3) is 2.72. The summed E-state index contributed by atoms with van der Waals surface area (Å²) in [5.74, 6) is 0.271. The maximum Gasteiger partial charge on any atom is 0.172 e. The minimum absolute atomic E-state index is 0.271. The number of alkyl halides is 1. The average molecular weight is 247 g/mol. The number of thiophene rings is 1. The molecule has 1 nitrogen and oxygen atoms in total. The molecule has 1 rings (SSSR count). The first-order chi connectivity index (χ1) is 5.74. The molecule has 1 aromatic heterocycles. The maximum absolute atomic E-state index is 11.4. The molecule has 0 aliphatic rings. The Hall–Kier alpha value is -0.150. The molecule has 0 saturated carbocycles. The molecule has 0 aromatic carbocycles. The number of hydrogen-bond acceptors (Lipinski definition) is 2. The van der Waals surface area contributed by atoms with Crippen LogP contribution in [-0.4, -0.2) is 11.1 Å². The number of halogens is 1. The Labute approximate surface area is 84.9 Å². The van der Waals surface area contributed by atoms with E-state index in [0.29, 0.717) is 6.42 Å². The molecule has 66 valence electrons. The molecule has 0 saturated heterocycles. The predicted octanol–water partition coefficient (Wildman–Crippen LogP) is 3.41. The zero-order valence-electron chi connectivity index (χ0n) is 6.97. The number of aryl methyl sites for hydroxylation is 1. The monoisotopic (exact) mass is 246 g/mol. The van der Waals surface area contributed by atoms with Crippen LogP contribution in [0.5, 0.6) is 0 Å². The van der Waals surface area contributed by atoms with Crippen molar-refractivity contribution in [1.29, 1.82) is 0 Å². The summed E-state index contributed by atoms with van der Waals surface area (Å²) in [7, 11) is 0. The summed E-state index contributed by atoms with van der Waals surface area (Å²) >= 11 is 4.89. The van der Waals surface area contributed by atoms with E-state index >= 15 is 0 Å². The zero-order chi connectivity index (χ0) is 8.97. The van der Waals surface area contributed by atoms with Crippen molar-refractivity contribution in [2.45, 2.75) is 19.8 Å². The molecule has 0 bridgehead atoms. The van der Waals surface area contributed by atoms with Gasteiger partial charge in [0.05, 0.1) is 4.88 Å². The van der Waals surface area contributed by atoms with E-state index in [4.69, 9.17) is 0 Å². The molecule has 12 heavy (non-hydrogen) atoms. The average Bonchev–Trinajstić information content (AvgIpc) is 2.47. The highest BCUT2D eigenvalue weighted by atomic mass is 79.9. The van der Waals surface area contributed by atoms with Crippen LogP contribution in [0, 0.1) is 6.92 Å². The summed E-state index contributed by atoms with van der Waals surface area (Å²) in [6.07, 6.45) is 1.58. The molecule has 3 heteroatoms. The summed E-state index contributed by atoms with van der Waals surface area (Å²) in [5.41, 5.74) is 0. The van der Waals surface area contributed by atoms with Gasteiger partial charge < -0.3 is 0 Å². The predicted molar refractivity (Wildman–Crippen MR) is 56.4 cm³/mol. The fraction of sp³-hybridized carbons (Fsp3) is 0.444. The van der Waals surface area contributed by atoms with Gasteiger partial charge in [-0.05, 0) is 25.5 Å². The number of carbonyl (C=O) groups is 1. The van der Waals surface area contributed by atoms with Crippen molar-refractivity contribution in [2.75, 3.05) is 5.33 Å². The van der Waals surface area contributed by atoms with Crippen LogP contribution < -0.4 is 0 Å². The van der Waals surface area contributed by atoms with Crippen molar-refractivity contribution in [3.8, 4) is 0 Å². The number of ketones is 1. The van der Waals surface area contributed by atoms with Crippen LogP contribution in [0.2, 0.25) is 0 Å². The lowest BCUT2D eigenvalue weighted by Crippen LogP contribution is -1.95. The van der Waals surface area contributed by atoms with Crippen LogP contribution in [0.25, 0.3) is 0 Å². The van der Waals surface area contributed by atoms with Crippen LogP contribution in [-0.2, 0) is 0 Å². The Morgan fingerprint density at radius 3 is 2.83 bits per heavy atom. The molecule has 0 aliphatic carbocycles. The van der Waals surface area contributed by atoms with Crippen molar-refractivity contribution < 1.29 is 4.79 Å². The third-order valence-electron chi connectivity index (χ3n) is 1.55. The number of hydrogen-bond donors (Lipinski definition) is 0. The van der Waals surface area contributed by atoms with E-state index in [0.717, 1.165) is 16.6 Å². The lowest BCUT2D eigenvalue weighted by atomic mass is 10.2. The second-order valence-electron chi connectivity index (χ2n) is 2.63. The first-order valence-electron chi connectivity index (χ1n) is 3.89. The number of rotatable bonds is 4. The quantitative estimate of drug-likeness (QED) is 0.588. The molecule has 0 aliphatic heterocycles. The Balaban J connectivity index is 2.53. The highest BCUT2D eigenvalue weighted by Gasteiger charge is 2.06. The van der Waals surface area contributed by atoms with Gasteiger partial charge in [0.2, 0.25) is 0 Å². The highest BCUT2D eigenvalue weighted by Crippen LogP contribution is 2.17. The van der Waals surface area contributed by atoms with Gasteiger partial charge in [0.25, 0.3) is 0 Å². The normalized spacial score (nSPS) is 10.2. The molecular weight excluding hydrogens is 236 g/mol. The Morgan fingerprint density at radius 2 is 2.33 bits per heavy atom. The van der Waals surface area contributed by atoms with Gasteiger partial charge in [0, 0.05) is 16.6 Å². The third-order valence-corrected chi connectivity index (χ3v) is 3.16. The first-order valence-corrected chi connectivity index (χ1v) is 5.83. The van der Waals surface area contributed by atoms with E-state index in [2.05, 4.69) is 15.9 Å². The first kappa shape index (κ1) is 9.93. The SMILES string of the molecule is Cc1ccc(C(=O)CCCBr)s1. The van der Waals surface area contributed by atoms with Crippen molar-refractivity contribution in [3.05, 3.63) is 21.9 Å². The van der Waals surface area contributed by atoms with Crippen molar-refractivity contribution in [2.24, 2.45) is 0 Å². The minimum atomic E-state index is 0.271. The topological polar surface area (TPSA) is 17.1 Å². The maximum atomic E-state index is 11.4. The number of Topliss-reactive ketones (excluding diaryl/α,β-unsaturated/α-hetero) is 1. The van der Waals surface area contributed by atoms with Crippen LogP contribution in [0.4, 0.5) is 0 Å². The minimum Gasteiger partial charge on any atom is -0.293 e. The van der Waals surface area contributed by atoms with Gasteiger partial charge >= 0.3 is 0 Å². The van der Waals surface area contributed by atoms with Crippen molar-refractivity contribution in [1.82, 2.24) is 0 Å². The molecule has 0 atom stereocenters. The molecule has 0 N–H and O–H groups in total. The van der Waals surface area contributed by atoms with Crippen LogP contribution in [0.3, 0.4) is 0 Å². The summed E-state index contributed by atoms with van der Waals surface area (Å²) in [4.78, 5) is 13.5. The lowest BCUT2D eigenvalue weighted by Gasteiger charge is -1.93. The van der Waals surface area contributed by atoms with E-state index in [-0.39, 0.29) is 5.78 Å². The van der Waals surface area contributed by atoms with Crippen LogP contribution in [0.1, 0.15) is 27.4 Å². The molecule has 0 fully saturated rings. The van der Waals surface area contributed by atoms with E-state index in [1.54, 1.807) is 11.3 Å². The smallest absolute Gasteiger partial charge is 0.172 e. The van der Waals surface area contributed by atoms with Crippen molar-refractivity contribution >= 4 is 33.0 Å². The Kier molecular flexibility index (Phi) is 3.95. The van der Waals surface area contributed by atoms with Gasteiger partial charge in [0.1, 0.15) is 0 Å². The molecule has 0 unspecified atom stereocenters. The van der Waals surface area contributed by atoms with Gasteiger partial charge in [-0.1, -0.05) is 15.9 Å². The standard InChI is InChI=1S/C9H11BrOS/c1-7-4-5-9(12-7)8(11)3-2-6-10/h4-5H,2-3,6H2,1H3. The van der Waals surface area contributed by atoms with Crippen LogP contribution in [0.15, 0.2) is 12.1 Å². The fourth-order valence-corrected chi connectivity index (χ4v) is 2.05. The van der Waals surface area contributed by atoms with Gasteiger partial charge in [-0.2, -0.15) is 0 Å². The molecule has 0 spiro atoms. The summed E-state index contributed by atoms with van der Waals surface area (Å²) in [6.45, 7) is 2.02. The van der Waals surface area contributed by atoms with E-state index in [1.165, 1.54) is 4.88 Å². The van der Waals surface area contributed by atoms with Gasteiger partial charge in [-0.15, -0.1) is 11.3 Å². The highest BCUT2D eigenvalue weighted by molar-refractivity contribution is 9.09. The molecule has 1 aromatic rings. The molecule has 0 radical (unpaired) electrons. The lowest BCUT2D eigenvalue weighted by molar-refractivity contribution is 0.0986. The Bertz CT molecular complexity index is 267. The molecule has 1 heterocycles. The zero-order valence-corrected chi connectivity index (χ0v) is 9.37. The summed E-state index contributed by atoms with van der Waals surface area (Å²) in [6, 6.07) is 3.91. The molecular formula is C9H11BrOS. The van der Waals surface area contributed by atoms with Crippen molar-refractivity contribution in [3.63, 3.8) is 0 Å². The van der Waals surface area contributed by atoms with Gasteiger partial charge in [-0.25, -0.2) is 0 Å². The van der Waals surface area contributed by atoms with E-state index in [9.17, 15) is 4.79 Å². The fourth-order valence-electron chi connectivity index (χ4n) is 0.935. The largest absolute Gasteiger partial charge is 0.293 e. The summed E-state index contributed by atoms with van der Waals surface area (Å²) < 4.78 is 0.